The third-order valence-corrected chi connectivity index (χ3v) is 3.72. The fraction of sp³-hybridized carbons (Fsp3) is 0.125. The number of rotatable bonds is 5. The molecule has 0 radical (unpaired) electrons. The molecule has 2 rings (SSSR count). The van der Waals surface area contributed by atoms with Gasteiger partial charge in [0.1, 0.15) is 0 Å². The van der Waals surface area contributed by atoms with Gasteiger partial charge in [-0.2, -0.15) is 4.39 Å². The maximum absolute atomic E-state index is 13.4. The van der Waals surface area contributed by atoms with Crippen LogP contribution >= 0.6 is 34.8 Å². The zero-order chi connectivity index (χ0) is 19.4. The lowest BCUT2D eigenvalue weighted by molar-refractivity contribution is -0.140. The predicted molar refractivity (Wildman–Crippen MR) is 88.3 cm³/mol. The van der Waals surface area contributed by atoms with Gasteiger partial charge in [-0.05, 0) is 24.3 Å². The number of hydrogen-bond acceptors (Lipinski definition) is 4. The molecule has 0 saturated carbocycles. The molecule has 0 N–H and O–H groups in total. The largest absolute Gasteiger partial charge is 0.423 e. The molecule has 0 unspecified atom stereocenters. The number of ether oxygens (including phenoxy) is 2. The van der Waals surface area contributed by atoms with Crippen molar-refractivity contribution in [2.45, 2.75) is 12.8 Å². The van der Waals surface area contributed by atoms with Crippen LogP contribution in [0.1, 0.15) is 12.8 Å². The Bertz CT molecular complexity index is 851. The molecule has 0 saturated heterocycles. The Morgan fingerprint density at radius 3 is 1.96 bits per heavy atom. The minimum atomic E-state index is -1.78. The van der Waals surface area contributed by atoms with E-state index in [1.165, 1.54) is 12.1 Å². The Kier molecular flexibility index (Phi) is 6.75. The monoisotopic (exact) mass is 426 g/mol. The van der Waals surface area contributed by atoms with Gasteiger partial charge >= 0.3 is 11.9 Å². The highest BCUT2D eigenvalue weighted by atomic mass is 35.5. The summed E-state index contributed by atoms with van der Waals surface area (Å²) in [6.07, 6.45) is -0.973. The Morgan fingerprint density at radius 1 is 0.846 bits per heavy atom. The van der Waals surface area contributed by atoms with Gasteiger partial charge < -0.3 is 9.47 Å². The molecule has 10 heteroatoms. The molecule has 0 bridgehead atoms. The van der Waals surface area contributed by atoms with E-state index in [-0.39, 0.29) is 20.8 Å². The van der Waals surface area contributed by atoms with Crippen molar-refractivity contribution in [1.29, 1.82) is 0 Å². The smallest absolute Gasteiger partial charge is 0.311 e. The molecule has 0 atom stereocenters. The van der Waals surface area contributed by atoms with E-state index in [1.54, 1.807) is 0 Å². The average Bonchev–Trinajstić information content (AvgIpc) is 2.57. The molecule has 0 fully saturated rings. The standard InChI is InChI=1S/C16H8Cl3F3O4/c17-7-5-8(18)16(9(19)6-7)26-13(24)4-3-12(23)25-11-2-1-10(20)14(21)15(11)22/h1-2,5-6H,3-4H2. The van der Waals surface area contributed by atoms with Crippen LogP contribution in [0.5, 0.6) is 11.5 Å². The van der Waals surface area contributed by atoms with Gasteiger partial charge in [-0.1, -0.05) is 34.8 Å². The summed E-state index contributed by atoms with van der Waals surface area (Å²) in [4.78, 5) is 23.4. The molecule has 2 aromatic rings. The predicted octanol–water partition coefficient (Wildman–Crippen LogP) is 5.36. The van der Waals surface area contributed by atoms with Crippen molar-refractivity contribution in [3.63, 3.8) is 0 Å². The fourth-order valence-electron chi connectivity index (χ4n) is 1.76. The fourth-order valence-corrected chi connectivity index (χ4v) is 2.65. The SMILES string of the molecule is O=C(CCC(=O)Oc1c(Cl)cc(Cl)cc1Cl)Oc1ccc(F)c(F)c1F. The summed E-state index contributed by atoms with van der Waals surface area (Å²) in [5, 5.41) is 0.210. The Balaban J connectivity index is 1.94. The average molecular weight is 428 g/mol. The van der Waals surface area contributed by atoms with Gasteiger partial charge in [-0.25, -0.2) is 8.78 Å². The lowest BCUT2D eigenvalue weighted by Crippen LogP contribution is -2.15. The highest BCUT2D eigenvalue weighted by Crippen LogP contribution is 2.36. The van der Waals surface area contributed by atoms with Crippen molar-refractivity contribution in [3.8, 4) is 11.5 Å². The van der Waals surface area contributed by atoms with E-state index in [0.29, 0.717) is 6.07 Å². The first kappa shape index (κ1) is 20.4. The third kappa shape index (κ3) is 5.03. The number of carbonyl (C=O) groups excluding carboxylic acids is 2. The zero-order valence-corrected chi connectivity index (χ0v) is 14.9. The maximum Gasteiger partial charge on any atom is 0.311 e. The van der Waals surface area contributed by atoms with Gasteiger partial charge in [0.15, 0.2) is 23.1 Å². The summed E-state index contributed by atoms with van der Waals surface area (Å²) in [5.41, 5.74) is 0. The van der Waals surface area contributed by atoms with Gasteiger partial charge in [-0.3, -0.25) is 9.59 Å². The highest BCUT2D eigenvalue weighted by molar-refractivity contribution is 6.40. The van der Waals surface area contributed by atoms with Crippen molar-refractivity contribution >= 4 is 46.7 Å². The normalized spacial score (nSPS) is 10.5. The van der Waals surface area contributed by atoms with Crippen LogP contribution in [-0.2, 0) is 9.59 Å². The first-order valence-electron chi connectivity index (χ1n) is 6.88. The first-order valence-corrected chi connectivity index (χ1v) is 8.02. The van der Waals surface area contributed by atoms with Gasteiger partial charge in [0.25, 0.3) is 0 Å². The van der Waals surface area contributed by atoms with Crippen molar-refractivity contribution < 1.29 is 32.2 Å². The molecule has 0 amide bonds. The molecule has 0 aliphatic rings. The van der Waals surface area contributed by atoms with Gasteiger partial charge in [0.2, 0.25) is 5.82 Å². The van der Waals surface area contributed by atoms with Crippen molar-refractivity contribution in [2.75, 3.05) is 0 Å². The second-order valence-electron chi connectivity index (χ2n) is 4.82. The molecule has 26 heavy (non-hydrogen) atoms. The van der Waals surface area contributed by atoms with Gasteiger partial charge in [0.05, 0.1) is 22.9 Å². The Labute approximate surface area is 160 Å². The molecule has 0 heterocycles. The van der Waals surface area contributed by atoms with E-state index >= 15 is 0 Å². The summed E-state index contributed by atoms with van der Waals surface area (Å²) in [6, 6.07) is 3.95. The third-order valence-electron chi connectivity index (χ3n) is 2.94. The van der Waals surface area contributed by atoms with Crippen LogP contribution in [0.15, 0.2) is 24.3 Å². The van der Waals surface area contributed by atoms with E-state index in [2.05, 4.69) is 4.74 Å². The van der Waals surface area contributed by atoms with Crippen molar-refractivity contribution in [2.24, 2.45) is 0 Å². The minimum absolute atomic E-state index is 0.0118. The van der Waals surface area contributed by atoms with Crippen molar-refractivity contribution in [3.05, 3.63) is 56.8 Å². The minimum Gasteiger partial charge on any atom is -0.423 e. The second-order valence-corrected chi connectivity index (χ2v) is 6.07. The zero-order valence-electron chi connectivity index (χ0n) is 12.6. The number of esters is 2. The first-order chi connectivity index (χ1) is 12.2. The Hall–Kier alpha value is -1.96. The van der Waals surface area contributed by atoms with E-state index in [0.717, 1.165) is 6.07 Å². The van der Waals surface area contributed by atoms with Crippen LogP contribution in [0.25, 0.3) is 0 Å². The van der Waals surface area contributed by atoms with Crippen LogP contribution in [0, 0.1) is 17.5 Å². The summed E-state index contributed by atoms with van der Waals surface area (Å²) < 4.78 is 48.7. The van der Waals surface area contributed by atoms with Gasteiger partial charge in [-0.15, -0.1) is 0 Å². The summed E-state index contributed by atoms with van der Waals surface area (Å²) in [7, 11) is 0. The summed E-state index contributed by atoms with van der Waals surface area (Å²) in [6.45, 7) is 0. The lowest BCUT2D eigenvalue weighted by Gasteiger charge is -2.09. The van der Waals surface area contributed by atoms with Crippen LogP contribution in [-0.4, -0.2) is 11.9 Å². The van der Waals surface area contributed by atoms with Crippen LogP contribution in [0.2, 0.25) is 15.1 Å². The second kappa shape index (κ2) is 8.62. The van der Waals surface area contributed by atoms with E-state index in [1.807, 2.05) is 0 Å². The highest BCUT2D eigenvalue weighted by Gasteiger charge is 2.19. The van der Waals surface area contributed by atoms with Crippen LogP contribution < -0.4 is 9.47 Å². The molecule has 2 aromatic carbocycles. The summed E-state index contributed by atoms with van der Waals surface area (Å²) >= 11 is 17.4. The van der Waals surface area contributed by atoms with Crippen LogP contribution in [0.3, 0.4) is 0 Å². The van der Waals surface area contributed by atoms with E-state index in [9.17, 15) is 22.8 Å². The molecular weight excluding hydrogens is 420 g/mol. The molecule has 0 aliphatic carbocycles. The molecule has 138 valence electrons. The topological polar surface area (TPSA) is 52.6 Å². The molecular formula is C16H8Cl3F3O4. The Morgan fingerprint density at radius 2 is 1.38 bits per heavy atom. The summed E-state index contributed by atoms with van der Waals surface area (Å²) in [5.74, 6) is -7.72. The van der Waals surface area contributed by atoms with E-state index < -0.39 is 48.0 Å². The number of carbonyl (C=O) groups is 2. The maximum atomic E-state index is 13.4. The van der Waals surface area contributed by atoms with Crippen LogP contribution in [0.4, 0.5) is 13.2 Å². The quantitative estimate of drug-likeness (QED) is 0.366. The lowest BCUT2D eigenvalue weighted by atomic mass is 10.3. The van der Waals surface area contributed by atoms with E-state index in [4.69, 9.17) is 39.5 Å². The molecule has 0 aromatic heterocycles. The van der Waals surface area contributed by atoms with Gasteiger partial charge in [0, 0.05) is 5.02 Å². The molecule has 0 aliphatic heterocycles. The molecule has 4 nitrogen and oxygen atoms in total. The van der Waals surface area contributed by atoms with Crippen molar-refractivity contribution in [1.82, 2.24) is 0 Å². The number of benzene rings is 2. The number of halogens is 6. The molecule has 0 spiro atoms. The number of hydrogen-bond donors (Lipinski definition) is 0.